The topological polar surface area (TPSA) is 69.4 Å². The highest BCUT2D eigenvalue weighted by Crippen LogP contribution is 2.18. The molecule has 0 saturated carbocycles. The fourth-order valence-electron chi connectivity index (χ4n) is 1.60. The van der Waals surface area contributed by atoms with Crippen molar-refractivity contribution in [1.82, 2.24) is 4.98 Å². The molecule has 0 saturated heterocycles. The Bertz CT molecular complexity index is 514. The van der Waals surface area contributed by atoms with Crippen molar-refractivity contribution in [2.24, 2.45) is 5.84 Å². The van der Waals surface area contributed by atoms with E-state index in [0.717, 1.165) is 17.2 Å². The molecule has 0 aliphatic carbocycles. The Balaban J connectivity index is 1.94. The van der Waals surface area contributed by atoms with Crippen molar-refractivity contribution < 1.29 is 9.47 Å². The molecular formula is C14H17N3O2. The zero-order valence-electron chi connectivity index (χ0n) is 10.8. The van der Waals surface area contributed by atoms with Gasteiger partial charge in [-0.1, -0.05) is 6.07 Å². The second kappa shape index (κ2) is 6.61. The smallest absolute Gasteiger partial charge is 0.140 e. The van der Waals surface area contributed by atoms with Crippen molar-refractivity contribution in [2.45, 2.75) is 13.5 Å². The lowest BCUT2D eigenvalue weighted by Crippen LogP contribution is -2.09. The van der Waals surface area contributed by atoms with Crippen LogP contribution in [0.5, 0.6) is 11.5 Å². The quantitative estimate of drug-likeness (QED) is 0.615. The summed E-state index contributed by atoms with van der Waals surface area (Å²) in [5.74, 6) is 7.53. The maximum Gasteiger partial charge on any atom is 0.140 e. The van der Waals surface area contributed by atoms with Crippen LogP contribution in [0.3, 0.4) is 0 Å². The number of nitrogens with zero attached hydrogens (tertiary/aromatic N) is 1. The van der Waals surface area contributed by atoms with E-state index >= 15 is 0 Å². The summed E-state index contributed by atoms with van der Waals surface area (Å²) >= 11 is 0. The fourth-order valence-corrected chi connectivity index (χ4v) is 1.60. The summed E-state index contributed by atoms with van der Waals surface area (Å²) in [6.07, 6.45) is 0. The summed E-state index contributed by atoms with van der Waals surface area (Å²) in [6.45, 7) is 3.00. The molecule has 0 radical (unpaired) electrons. The van der Waals surface area contributed by atoms with Crippen molar-refractivity contribution in [2.75, 3.05) is 12.0 Å². The average Bonchev–Trinajstić information content (AvgIpc) is 2.47. The van der Waals surface area contributed by atoms with E-state index in [2.05, 4.69) is 10.4 Å². The van der Waals surface area contributed by atoms with E-state index < -0.39 is 0 Å². The Morgan fingerprint density at radius 2 is 1.74 bits per heavy atom. The standard InChI is InChI=1S/C14H17N3O2/c1-2-18-12-6-8-13(9-7-12)19-10-11-4-3-5-14(16-11)17-15/h3-9H,2,10,15H2,1H3,(H,16,17). The molecular weight excluding hydrogens is 242 g/mol. The maximum absolute atomic E-state index is 5.64. The van der Waals surface area contributed by atoms with Crippen LogP contribution in [0.25, 0.3) is 0 Å². The van der Waals surface area contributed by atoms with Crippen molar-refractivity contribution in [3.05, 3.63) is 48.2 Å². The Morgan fingerprint density at radius 1 is 1.05 bits per heavy atom. The molecule has 2 rings (SSSR count). The number of rotatable bonds is 6. The Kier molecular flexibility index (Phi) is 4.58. The monoisotopic (exact) mass is 259 g/mol. The minimum atomic E-state index is 0.392. The second-order valence-electron chi connectivity index (χ2n) is 3.85. The van der Waals surface area contributed by atoms with E-state index in [4.69, 9.17) is 15.3 Å². The number of nitrogens with one attached hydrogen (secondary N) is 1. The van der Waals surface area contributed by atoms with Gasteiger partial charge in [-0.2, -0.15) is 0 Å². The summed E-state index contributed by atoms with van der Waals surface area (Å²) in [7, 11) is 0. The molecule has 0 aliphatic heterocycles. The van der Waals surface area contributed by atoms with Crippen molar-refractivity contribution in [3.8, 4) is 11.5 Å². The van der Waals surface area contributed by atoms with Crippen LogP contribution in [0, 0.1) is 0 Å². The summed E-state index contributed by atoms with van der Waals surface area (Å²) in [5.41, 5.74) is 3.31. The molecule has 1 heterocycles. The molecule has 5 heteroatoms. The number of nitrogens with two attached hydrogens (primary N) is 1. The summed E-state index contributed by atoms with van der Waals surface area (Å²) in [5, 5.41) is 0. The van der Waals surface area contributed by atoms with Gasteiger partial charge in [-0.05, 0) is 43.3 Å². The van der Waals surface area contributed by atoms with E-state index in [1.54, 1.807) is 6.07 Å². The Hall–Kier alpha value is -2.27. The van der Waals surface area contributed by atoms with Crippen LogP contribution in [0.1, 0.15) is 12.6 Å². The van der Waals surface area contributed by atoms with E-state index in [1.807, 2.05) is 43.3 Å². The molecule has 1 aromatic heterocycles. The molecule has 1 aromatic carbocycles. The fraction of sp³-hybridized carbons (Fsp3) is 0.214. The third-order valence-electron chi connectivity index (χ3n) is 2.48. The third kappa shape index (κ3) is 3.86. The molecule has 3 N–H and O–H groups in total. The van der Waals surface area contributed by atoms with Gasteiger partial charge in [0.2, 0.25) is 0 Å². The zero-order chi connectivity index (χ0) is 13.5. The molecule has 0 fully saturated rings. The molecule has 0 amide bonds. The normalized spacial score (nSPS) is 10.0. The lowest BCUT2D eigenvalue weighted by atomic mass is 10.3. The molecule has 100 valence electrons. The van der Waals surface area contributed by atoms with Gasteiger partial charge in [0.1, 0.15) is 23.9 Å². The highest BCUT2D eigenvalue weighted by molar-refractivity contribution is 5.34. The van der Waals surface area contributed by atoms with Crippen molar-refractivity contribution >= 4 is 5.82 Å². The number of pyridine rings is 1. The lowest BCUT2D eigenvalue weighted by Gasteiger charge is -2.08. The predicted molar refractivity (Wildman–Crippen MR) is 74.0 cm³/mol. The van der Waals surface area contributed by atoms with Gasteiger partial charge in [0, 0.05) is 0 Å². The molecule has 0 aliphatic rings. The molecule has 19 heavy (non-hydrogen) atoms. The predicted octanol–water partition coefficient (Wildman–Crippen LogP) is 2.34. The zero-order valence-corrected chi connectivity index (χ0v) is 10.8. The van der Waals surface area contributed by atoms with E-state index in [-0.39, 0.29) is 0 Å². The molecule has 0 bridgehead atoms. The number of aromatic nitrogens is 1. The van der Waals surface area contributed by atoms with Gasteiger partial charge in [0.15, 0.2) is 0 Å². The molecule has 5 nitrogen and oxygen atoms in total. The van der Waals surface area contributed by atoms with Crippen molar-refractivity contribution in [1.29, 1.82) is 0 Å². The van der Waals surface area contributed by atoms with Crippen LogP contribution >= 0.6 is 0 Å². The highest BCUT2D eigenvalue weighted by Gasteiger charge is 1.99. The molecule has 0 unspecified atom stereocenters. The number of anilines is 1. The number of hydrogen-bond acceptors (Lipinski definition) is 5. The Morgan fingerprint density at radius 3 is 2.37 bits per heavy atom. The first-order valence-electron chi connectivity index (χ1n) is 6.10. The van der Waals surface area contributed by atoms with Gasteiger partial charge in [-0.25, -0.2) is 10.8 Å². The van der Waals surface area contributed by atoms with Gasteiger partial charge < -0.3 is 14.9 Å². The van der Waals surface area contributed by atoms with Gasteiger partial charge >= 0.3 is 0 Å². The third-order valence-corrected chi connectivity index (χ3v) is 2.48. The maximum atomic E-state index is 5.64. The SMILES string of the molecule is CCOc1ccc(OCc2cccc(NN)n2)cc1. The number of benzene rings is 1. The lowest BCUT2D eigenvalue weighted by molar-refractivity contribution is 0.299. The molecule has 2 aromatic rings. The highest BCUT2D eigenvalue weighted by atomic mass is 16.5. The molecule has 0 spiro atoms. The number of hydrogen-bond donors (Lipinski definition) is 2. The average molecular weight is 259 g/mol. The van der Waals surface area contributed by atoms with Crippen LogP contribution in [-0.2, 0) is 6.61 Å². The minimum absolute atomic E-state index is 0.392. The second-order valence-corrected chi connectivity index (χ2v) is 3.85. The first kappa shape index (κ1) is 13.2. The summed E-state index contributed by atoms with van der Waals surface area (Å²) in [4.78, 5) is 4.27. The molecule has 0 atom stereocenters. The van der Waals surface area contributed by atoms with Crippen LogP contribution in [0.2, 0.25) is 0 Å². The van der Waals surface area contributed by atoms with Crippen LogP contribution in [-0.4, -0.2) is 11.6 Å². The van der Waals surface area contributed by atoms with E-state index in [1.165, 1.54) is 0 Å². The number of nitrogen functional groups attached to an aromatic ring is 1. The largest absolute Gasteiger partial charge is 0.494 e. The van der Waals surface area contributed by atoms with Gasteiger partial charge in [-0.3, -0.25) is 0 Å². The van der Waals surface area contributed by atoms with Gasteiger partial charge in [-0.15, -0.1) is 0 Å². The first-order chi connectivity index (χ1) is 9.31. The van der Waals surface area contributed by atoms with Crippen molar-refractivity contribution in [3.63, 3.8) is 0 Å². The first-order valence-corrected chi connectivity index (χ1v) is 6.10. The van der Waals surface area contributed by atoms with Crippen LogP contribution in [0.4, 0.5) is 5.82 Å². The van der Waals surface area contributed by atoms with Crippen LogP contribution in [0.15, 0.2) is 42.5 Å². The number of ether oxygens (including phenoxy) is 2. The van der Waals surface area contributed by atoms with Gasteiger partial charge in [0.05, 0.1) is 12.3 Å². The minimum Gasteiger partial charge on any atom is -0.494 e. The summed E-state index contributed by atoms with van der Waals surface area (Å²) < 4.78 is 11.0. The van der Waals surface area contributed by atoms with Crippen LogP contribution < -0.4 is 20.7 Å². The number of hydrazine groups is 1. The van der Waals surface area contributed by atoms with E-state index in [0.29, 0.717) is 19.0 Å². The van der Waals surface area contributed by atoms with E-state index in [9.17, 15) is 0 Å². The van der Waals surface area contributed by atoms with Gasteiger partial charge in [0.25, 0.3) is 0 Å². The summed E-state index contributed by atoms with van der Waals surface area (Å²) in [6, 6.07) is 13.1. The Labute approximate surface area is 112 Å².